The van der Waals surface area contributed by atoms with E-state index in [2.05, 4.69) is 10.2 Å². The lowest BCUT2D eigenvalue weighted by atomic mass is 9.93. The average Bonchev–Trinajstić information content (AvgIpc) is 3.00. The molecule has 5 heteroatoms. The number of aryl methyl sites for hydroxylation is 1. The van der Waals surface area contributed by atoms with Crippen LogP contribution >= 0.6 is 0 Å². The molecule has 104 valence electrons. The van der Waals surface area contributed by atoms with Gasteiger partial charge in [-0.05, 0) is 39.0 Å². The zero-order chi connectivity index (χ0) is 13.4. The quantitative estimate of drug-likeness (QED) is 0.840. The molecule has 1 aromatic rings. The highest BCUT2D eigenvalue weighted by atomic mass is 16.3. The third-order valence-electron chi connectivity index (χ3n) is 4.44. The number of aliphatic hydroxyl groups is 1. The molecular weight excluding hydrogens is 242 g/mol. The highest BCUT2D eigenvalue weighted by Gasteiger charge is 2.31. The van der Waals surface area contributed by atoms with E-state index in [9.17, 15) is 9.90 Å². The molecule has 0 saturated carbocycles. The number of hydrogen-bond acceptors (Lipinski definition) is 3. The van der Waals surface area contributed by atoms with Gasteiger partial charge in [0.15, 0.2) is 5.69 Å². The normalized spacial score (nSPS) is 24.3. The van der Waals surface area contributed by atoms with E-state index in [1.54, 1.807) is 0 Å². The molecule has 0 aromatic carbocycles. The predicted octanol–water partition coefficient (Wildman–Crippen LogP) is 1.13. The van der Waals surface area contributed by atoms with Crippen molar-refractivity contribution in [2.75, 3.05) is 13.1 Å². The van der Waals surface area contributed by atoms with Crippen LogP contribution in [0.15, 0.2) is 0 Å². The molecule has 3 rings (SSSR count). The number of fused-ring (bicyclic) bond motifs is 1. The number of carbonyl (C=O) groups excluding carboxylic acids is 1. The molecule has 1 amide bonds. The number of hydrogen-bond donors (Lipinski definition) is 2. The van der Waals surface area contributed by atoms with Crippen molar-refractivity contribution >= 4 is 5.91 Å². The molecule has 2 unspecified atom stereocenters. The first-order chi connectivity index (χ1) is 9.16. The number of carbonyl (C=O) groups is 1. The van der Waals surface area contributed by atoms with E-state index < -0.39 is 0 Å². The molecular formula is C14H21N3O2. The van der Waals surface area contributed by atoms with Crippen LogP contribution in [0.3, 0.4) is 0 Å². The first-order valence-electron chi connectivity index (χ1n) is 7.20. The molecule has 1 aliphatic heterocycles. The molecule has 2 heterocycles. The van der Waals surface area contributed by atoms with Gasteiger partial charge in [-0.25, -0.2) is 0 Å². The number of nitrogens with one attached hydrogen (secondary N) is 1. The second-order valence-corrected chi connectivity index (χ2v) is 5.78. The number of piperidine rings is 1. The summed E-state index contributed by atoms with van der Waals surface area (Å²) in [5.41, 5.74) is 2.86. The fourth-order valence-corrected chi connectivity index (χ4v) is 3.23. The summed E-state index contributed by atoms with van der Waals surface area (Å²) in [4.78, 5) is 14.4. The Morgan fingerprint density at radius 2 is 2.32 bits per heavy atom. The van der Waals surface area contributed by atoms with Crippen LogP contribution in [0.25, 0.3) is 0 Å². The van der Waals surface area contributed by atoms with Gasteiger partial charge >= 0.3 is 0 Å². The van der Waals surface area contributed by atoms with Crippen LogP contribution < -0.4 is 0 Å². The summed E-state index contributed by atoms with van der Waals surface area (Å²) in [5.74, 6) is 0.231. The molecule has 19 heavy (non-hydrogen) atoms. The summed E-state index contributed by atoms with van der Waals surface area (Å²) < 4.78 is 0. The van der Waals surface area contributed by atoms with E-state index in [4.69, 9.17) is 0 Å². The maximum Gasteiger partial charge on any atom is 0.274 e. The lowest BCUT2D eigenvalue weighted by Crippen LogP contribution is -2.43. The van der Waals surface area contributed by atoms with Crippen molar-refractivity contribution in [2.45, 2.75) is 45.1 Å². The molecule has 1 aromatic heterocycles. The van der Waals surface area contributed by atoms with Crippen molar-refractivity contribution in [1.29, 1.82) is 0 Å². The number of nitrogens with zero attached hydrogens (tertiary/aromatic N) is 2. The zero-order valence-corrected chi connectivity index (χ0v) is 11.4. The van der Waals surface area contributed by atoms with E-state index in [0.717, 1.165) is 49.9 Å². The minimum atomic E-state index is -0.347. The first kappa shape index (κ1) is 12.7. The Morgan fingerprint density at radius 1 is 1.47 bits per heavy atom. The van der Waals surface area contributed by atoms with Crippen molar-refractivity contribution in [3.05, 3.63) is 17.0 Å². The Bertz CT molecular complexity index is 481. The largest absolute Gasteiger partial charge is 0.393 e. The summed E-state index contributed by atoms with van der Waals surface area (Å²) >= 11 is 0. The molecule has 1 aliphatic carbocycles. The summed E-state index contributed by atoms with van der Waals surface area (Å²) in [6.07, 6.45) is 4.70. The lowest BCUT2D eigenvalue weighted by molar-refractivity contribution is 0.0461. The topological polar surface area (TPSA) is 69.2 Å². The number of aromatic amines is 1. The molecule has 2 aliphatic rings. The van der Waals surface area contributed by atoms with Crippen LogP contribution in [-0.4, -0.2) is 45.3 Å². The maximum atomic E-state index is 12.6. The maximum absolute atomic E-state index is 12.6. The number of rotatable bonds is 2. The van der Waals surface area contributed by atoms with Crippen molar-refractivity contribution < 1.29 is 9.90 Å². The summed E-state index contributed by atoms with van der Waals surface area (Å²) in [5, 5.41) is 16.9. The average molecular weight is 263 g/mol. The monoisotopic (exact) mass is 263 g/mol. The van der Waals surface area contributed by atoms with Crippen LogP contribution in [0.5, 0.6) is 0 Å². The third kappa shape index (κ3) is 2.27. The molecule has 0 radical (unpaired) electrons. The smallest absolute Gasteiger partial charge is 0.274 e. The van der Waals surface area contributed by atoms with Gasteiger partial charge in [-0.15, -0.1) is 0 Å². The number of aromatic nitrogens is 2. The van der Waals surface area contributed by atoms with Gasteiger partial charge in [0.05, 0.1) is 6.10 Å². The molecule has 1 saturated heterocycles. The Balaban J connectivity index is 1.76. The SMILES string of the molecule is CC(O)C1CCCN(C(=O)c2n[nH]c3c2CCC3)C1. The highest BCUT2D eigenvalue weighted by Crippen LogP contribution is 2.26. The summed E-state index contributed by atoms with van der Waals surface area (Å²) in [6.45, 7) is 3.24. The van der Waals surface area contributed by atoms with Crippen LogP contribution in [-0.2, 0) is 12.8 Å². The Labute approximate surface area is 113 Å². The molecule has 0 spiro atoms. The van der Waals surface area contributed by atoms with Crippen molar-refractivity contribution in [3.63, 3.8) is 0 Å². The van der Waals surface area contributed by atoms with E-state index >= 15 is 0 Å². The van der Waals surface area contributed by atoms with Crippen molar-refractivity contribution in [3.8, 4) is 0 Å². The second kappa shape index (κ2) is 4.96. The van der Waals surface area contributed by atoms with Gasteiger partial charge in [-0.1, -0.05) is 0 Å². The number of aliphatic hydroxyl groups excluding tert-OH is 1. The van der Waals surface area contributed by atoms with E-state index in [-0.39, 0.29) is 17.9 Å². The van der Waals surface area contributed by atoms with Crippen LogP contribution in [0.1, 0.15) is 47.9 Å². The van der Waals surface area contributed by atoms with Gasteiger partial charge in [-0.2, -0.15) is 5.10 Å². The van der Waals surface area contributed by atoms with Gasteiger partial charge in [0.1, 0.15) is 0 Å². The van der Waals surface area contributed by atoms with E-state index in [1.165, 1.54) is 0 Å². The fraction of sp³-hybridized carbons (Fsp3) is 0.714. The molecule has 1 fully saturated rings. The molecule has 2 atom stereocenters. The van der Waals surface area contributed by atoms with Crippen molar-refractivity contribution in [2.24, 2.45) is 5.92 Å². The summed E-state index contributed by atoms with van der Waals surface area (Å²) in [7, 11) is 0. The van der Waals surface area contributed by atoms with E-state index in [1.807, 2.05) is 11.8 Å². The molecule has 0 bridgehead atoms. The minimum Gasteiger partial charge on any atom is -0.393 e. The Kier molecular flexibility index (Phi) is 3.31. The Morgan fingerprint density at radius 3 is 3.11 bits per heavy atom. The standard InChI is InChI=1S/C14H21N3O2/c1-9(18)10-4-3-7-17(8-10)14(19)13-11-5-2-6-12(11)15-16-13/h9-10,18H,2-8H2,1H3,(H,15,16). The minimum absolute atomic E-state index is 0.0322. The van der Waals surface area contributed by atoms with Gasteiger partial charge in [0.2, 0.25) is 0 Å². The zero-order valence-electron chi connectivity index (χ0n) is 11.4. The number of H-pyrrole nitrogens is 1. The van der Waals surface area contributed by atoms with Crippen LogP contribution in [0.2, 0.25) is 0 Å². The van der Waals surface area contributed by atoms with E-state index in [0.29, 0.717) is 12.2 Å². The second-order valence-electron chi connectivity index (χ2n) is 5.78. The van der Waals surface area contributed by atoms with Crippen molar-refractivity contribution in [1.82, 2.24) is 15.1 Å². The van der Waals surface area contributed by atoms with Gasteiger partial charge in [0, 0.05) is 30.3 Å². The van der Waals surface area contributed by atoms with Crippen LogP contribution in [0.4, 0.5) is 0 Å². The predicted molar refractivity (Wildman–Crippen MR) is 70.9 cm³/mol. The molecule has 5 nitrogen and oxygen atoms in total. The number of amides is 1. The first-order valence-corrected chi connectivity index (χ1v) is 7.20. The summed E-state index contributed by atoms with van der Waals surface area (Å²) in [6, 6.07) is 0. The lowest BCUT2D eigenvalue weighted by Gasteiger charge is -2.33. The third-order valence-corrected chi connectivity index (χ3v) is 4.44. The van der Waals surface area contributed by atoms with Gasteiger partial charge in [-0.3, -0.25) is 9.89 Å². The fourth-order valence-electron chi connectivity index (χ4n) is 3.23. The molecule has 2 N–H and O–H groups in total. The van der Waals surface area contributed by atoms with Gasteiger partial charge < -0.3 is 10.0 Å². The Hall–Kier alpha value is -1.36. The highest BCUT2D eigenvalue weighted by molar-refractivity contribution is 5.94. The number of likely N-dealkylation sites (tertiary alicyclic amines) is 1. The van der Waals surface area contributed by atoms with Gasteiger partial charge in [0.25, 0.3) is 5.91 Å². The van der Waals surface area contributed by atoms with Crippen LogP contribution in [0, 0.1) is 5.92 Å².